The number of carbonyl (C=O) groups is 1. The van der Waals surface area contributed by atoms with Crippen molar-refractivity contribution in [3.63, 3.8) is 0 Å². The fourth-order valence-corrected chi connectivity index (χ4v) is 2.32. The number of rotatable bonds is 3. The third-order valence-corrected chi connectivity index (χ3v) is 3.35. The van der Waals surface area contributed by atoms with Gasteiger partial charge >= 0.3 is 6.03 Å². The second kappa shape index (κ2) is 6.52. The Morgan fingerprint density at radius 2 is 2.05 bits per heavy atom. The van der Waals surface area contributed by atoms with Gasteiger partial charge in [0.2, 0.25) is 0 Å². The van der Waals surface area contributed by atoms with E-state index in [0.29, 0.717) is 13.0 Å². The third kappa shape index (κ3) is 4.52. The molecule has 2 rings (SSSR count). The van der Waals surface area contributed by atoms with E-state index in [1.807, 2.05) is 0 Å². The topological polar surface area (TPSA) is 61.4 Å². The van der Waals surface area contributed by atoms with Crippen molar-refractivity contribution >= 4 is 6.03 Å². The van der Waals surface area contributed by atoms with Gasteiger partial charge in [0.1, 0.15) is 5.82 Å². The molecule has 104 valence electrons. The van der Waals surface area contributed by atoms with Crippen LogP contribution in [0.4, 0.5) is 9.18 Å². The van der Waals surface area contributed by atoms with Crippen LogP contribution in [0.15, 0.2) is 24.3 Å². The van der Waals surface area contributed by atoms with E-state index in [2.05, 4.69) is 10.6 Å². The molecule has 0 spiro atoms. The minimum Gasteiger partial charge on any atom is -0.393 e. The van der Waals surface area contributed by atoms with Gasteiger partial charge < -0.3 is 15.7 Å². The van der Waals surface area contributed by atoms with Crippen LogP contribution in [-0.2, 0) is 6.54 Å². The first-order valence-electron chi connectivity index (χ1n) is 6.60. The highest BCUT2D eigenvalue weighted by Gasteiger charge is 2.21. The highest BCUT2D eigenvalue weighted by atomic mass is 19.1. The molecule has 5 heteroatoms. The van der Waals surface area contributed by atoms with Gasteiger partial charge in [-0.2, -0.15) is 0 Å². The van der Waals surface area contributed by atoms with E-state index in [9.17, 15) is 14.3 Å². The largest absolute Gasteiger partial charge is 0.393 e. The molecule has 2 atom stereocenters. The number of hydrogen-bond donors (Lipinski definition) is 3. The average molecular weight is 266 g/mol. The van der Waals surface area contributed by atoms with Crippen LogP contribution in [0.5, 0.6) is 0 Å². The molecule has 1 aromatic rings. The van der Waals surface area contributed by atoms with Crippen LogP contribution in [0.1, 0.15) is 31.2 Å². The van der Waals surface area contributed by atoms with E-state index < -0.39 is 0 Å². The van der Waals surface area contributed by atoms with Crippen molar-refractivity contribution in [1.29, 1.82) is 0 Å². The van der Waals surface area contributed by atoms with Crippen LogP contribution in [-0.4, -0.2) is 23.3 Å². The molecule has 1 aliphatic carbocycles. The van der Waals surface area contributed by atoms with E-state index >= 15 is 0 Å². The number of amides is 2. The molecule has 4 nitrogen and oxygen atoms in total. The maximum absolute atomic E-state index is 12.7. The molecule has 3 N–H and O–H groups in total. The number of hydrogen-bond acceptors (Lipinski definition) is 2. The summed E-state index contributed by atoms with van der Waals surface area (Å²) >= 11 is 0. The lowest BCUT2D eigenvalue weighted by atomic mass is 9.93. The van der Waals surface area contributed by atoms with Gasteiger partial charge in [0.15, 0.2) is 0 Å². The van der Waals surface area contributed by atoms with Crippen LogP contribution in [0.25, 0.3) is 0 Å². The van der Waals surface area contributed by atoms with Crippen molar-refractivity contribution in [3.8, 4) is 0 Å². The van der Waals surface area contributed by atoms with Crippen LogP contribution < -0.4 is 10.6 Å². The standard InChI is InChI=1S/C14H19FN2O2/c15-11-6-4-10(5-7-11)9-16-14(19)17-12-2-1-3-13(18)8-12/h4-7,12-13,18H,1-3,8-9H2,(H2,16,17,19)/t12-,13-/m0/s1. The fraction of sp³-hybridized carbons (Fsp3) is 0.500. The molecule has 1 fully saturated rings. The molecular formula is C14H19FN2O2. The second-order valence-electron chi connectivity index (χ2n) is 4.97. The zero-order chi connectivity index (χ0) is 13.7. The fourth-order valence-electron chi connectivity index (χ4n) is 2.32. The summed E-state index contributed by atoms with van der Waals surface area (Å²) in [5.74, 6) is -0.288. The number of urea groups is 1. The van der Waals surface area contributed by atoms with Gasteiger partial charge in [-0.25, -0.2) is 9.18 Å². The Kier molecular flexibility index (Phi) is 4.74. The maximum Gasteiger partial charge on any atom is 0.315 e. The van der Waals surface area contributed by atoms with Crippen LogP contribution in [0.2, 0.25) is 0 Å². The Balaban J connectivity index is 1.73. The first-order chi connectivity index (χ1) is 9.13. The minimum absolute atomic E-state index is 0.0389. The summed E-state index contributed by atoms with van der Waals surface area (Å²) < 4.78 is 12.7. The quantitative estimate of drug-likeness (QED) is 0.783. The zero-order valence-corrected chi connectivity index (χ0v) is 10.7. The SMILES string of the molecule is O=C(NCc1ccc(F)cc1)N[C@H]1CCC[C@H](O)C1. The monoisotopic (exact) mass is 266 g/mol. The van der Waals surface area contributed by atoms with Gasteiger partial charge in [-0.3, -0.25) is 0 Å². The summed E-state index contributed by atoms with van der Waals surface area (Å²) in [6.45, 7) is 0.362. The highest BCUT2D eigenvalue weighted by Crippen LogP contribution is 2.18. The Morgan fingerprint density at radius 1 is 1.32 bits per heavy atom. The lowest BCUT2D eigenvalue weighted by molar-refractivity contribution is 0.113. The summed E-state index contributed by atoms with van der Waals surface area (Å²) in [7, 11) is 0. The minimum atomic E-state index is -0.309. The average Bonchev–Trinajstić information content (AvgIpc) is 2.38. The molecule has 0 aliphatic heterocycles. The van der Waals surface area contributed by atoms with E-state index in [0.717, 1.165) is 24.8 Å². The molecule has 19 heavy (non-hydrogen) atoms. The van der Waals surface area contributed by atoms with Gasteiger partial charge in [-0.05, 0) is 43.4 Å². The molecule has 0 bridgehead atoms. The third-order valence-electron chi connectivity index (χ3n) is 3.35. The van der Waals surface area contributed by atoms with Gasteiger partial charge in [0, 0.05) is 12.6 Å². The Hall–Kier alpha value is -1.62. The molecule has 0 saturated heterocycles. The van der Waals surface area contributed by atoms with Crippen molar-refractivity contribution in [3.05, 3.63) is 35.6 Å². The normalized spacial score (nSPS) is 22.8. The number of nitrogens with one attached hydrogen (secondary N) is 2. The summed E-state index contributed by atoms with van der Waals surface area (Å²) in [5, 5.41) is 15.1. The smallest absolute Gasteiger partial charge is 0.315 e. The van der Waals surface area contributed by atoms with E-state index in [1.165, 1.54) is 12.1 Å². The molecule has 1 aliphatic rings. The van der Waals surface area contributed by atoms with E-state index in [-0.39, 0.29) is 24.0 Å². The first-order valence-corrected chi connectivity index (χ1v) is 6.60. The molecule has 1 saturated carbocycles. The predicted octanol–water partition coefficient (Wildman–Crippen LogP) is 1.93. The van der Waals surface area contributed by atoms with Crippen LogP contribution in [0.3, 0.4) is 0 Å². The van der Waals surface area contributed by atoms with Crippen molar-refractivity contribution in [2.45, 2.75) is 44.4 Å². The van der Waals surface area contributed by atoms with Crippen molar-refractivity contribution < 1.29 is 14.3 Å². The molecule has 0 heterocycles. The summed E-state index contributed by atoms with van der Waals surface area (Å²) in [6.07, 6.45) is 2.96. The van der Waals surface area contributed by atoms with Crippen molar-refractivity contribution in [2.75, 3.05) is 0 Å². The van der Waals surface area contributed by atoms with Crippen molar-refractivity contribution in [1.82, 2.24) is 10.6 Å². The lowest BCUT2D eigenvalue weighted by Crippen LogP contribution is -2.44. The highest BCUT2D eigenvalue weighted by molar-refractivity contribution is 5.74. The van der Waals surface area contributed by atoms with Gasteiger partial charge in [0.05, 0.1) is 6.10 Å². The molecule has 0 unspecified atom stereocenters. The number of carbonyl (C=O) groups excluding carboxylic acids is 1. The van der Waals surface area contributed by atoms with Crippen LogP contribution >= 0.6 is 0 Å². The molecule has 0 radical (unpaired) electrons. The Labute approximate surface area is 112 Å². The second-order valence-corrected chi connectivity index (χ2v) is 4.97. The molecule has 1 aromatic carbocycles. The molecule has 2 amide bonds. The summed E-state index contributed by atoms with van der Waals surface area (Å²) in [5.41, 5.74) is 0.847. The summed E-state index contributed by atoms with van der Waals surface area (Å²) in [6, 6.07) is 5.80. The molecule has 0 aromatic heterocycles. The number of halogens is 1. The number of aliphatic hydroxyl groups excluding tert-OH is 1. The van der Waals surface area contributed by atoms with Crippen molar-refractivity contribution in [2.24, 2.45) is 0 Å². The number of aliphatic hydroxyl groups is 1. The number of benzene rings is 1. The first kappa shape index (κ1) is 13.8. The zero-order valence-electron chi connectivity index (χ0n) is 10.7. The Bertz CT molecular complexity index is 422. The Morgan fingerprint density at radius 3 is 2.74 bits per heavy atom. The maximum atomic E-state index is 12.7. The molecular weight excluding hydrogens is 247 g/mol. The van der Waals surface area contributed by atoms with E-state index in [4.69, 9.17) is 0 Å². The van der Waals surface area contributed by atoms with Gasteiger partial charge in [-0.15, -0.1) is 0 Å². The van der Waals surface area contributed by atoms with E-state index in [1.54, 1.807) is 12.1 Å². The van der Waals surface area contributed by atoms with Gasteiger partial charge in [-0.1, -0.05) is 12.1 Å². The van der Waals surface area contributed by atoms with Gasteiger partial charge in [0.25, 0.3) is 0 Å². The predicted molar refractivity (Wildman–Crippen MR) is 70.0 cm³/mol. The van der Waals surface area contributed by atoms with Crippen LogP contribution in [0, 0.1) is 5.82 Å². The summed E-state index contributed by atoms with van der Waals surface area (Å²) in [4.78, 5) is 11.7. The lowest BCUT2D eigenvalue weighted by Gasteiger charge is -2.26.